The maximum absolute atomic E-state index is 5.77. The zero-order valence-electron chi connectivity index (χ0n) is 12.7. The van der Waals surface area contributed by atoms with Crippen LogP contribution in [0.3, 0.4) is 0 Å². The van der Waals surface area contributed by atoms with Crippen molar-refractivity contribution < 1.29 is 9.47 Å². The quantitative estimate of drug-likeness (QED) is 0.709. The van der Waals surface area contributed by atoms with E-state index in [1.165, 1.54) is 4.88 Å². The summed E-state index contributed by atoms with van der Waals surface area (Å²) in [4.78, 5) is 5.95. The molecule has 1 aromatic heterocycles. The van der Waals surface area contributed by atoms with E-state index < -0.39 is 0 Å². The predicted molar refractivity (Wildman–Crippen MR) is 79.5 cm³/mol. The lowest BCUT2D eigenvalue weighted by atomic mass is 10.1. The summed E-state index contributed by atoms with van der Waals surface area (Å²) in [5.74, 6) is 0. The Morgan fingerprint density at radius 3 is 2.63 bits per heavy atom. The van der Waals surface area contributed by atoms with E-state index in [0.29, 0.717) is 13.2 Å². The Bertz CT molecular complexity index is 378. The maximum Gasteiger partial charge on any atom is 0.125 e. The van der Waals surface area contributed by atoms with Gasteiger partial charge in [0.2, 0.25) is 0 Å². The van der Waals surface area contributed by atoms with Gasteiger partial charge in [0.25, 0.3) is 0 Å². The standard InChI is InChI=1S/C14H26N2O2S/c1-6-8-15-9-12-11(10-17-5)16-13(19-12)14(3,4)18-7-2/h15H,6-10H2,1-5H3. The van der Waals surface area contributed by atoms with Crippen LogP contribution in [0.5, 0.6) is 0 Å². The third-order valence-corrected chi connectivity index (χ3v) is 4.19. The second-order valence-electron chi connectivity index (χ2n) is 4.94. The lowest BCUT2D eigenvalue weighted by molar-refractivity contribution is -0.0143. The summed E-state index contributed by atoms with van der Waals surface area (Å²) in [6, 6.07) is 0. The van der Waals surface area contributed by atoms with Gasteiger partial charge < -0.3 is 14.8 Å². The van der Waals surface area contributed by atoms with Crippen LogP contribution >= 0.6 is 11.3 Å². The van der Waals surface area contributed by atoms with Gasteiger partial charge in [-0.15, -0.1) is 11.3 Å². The van der Waals surface area contributed by atoms with Crippen molar-refractivity contribution in [3.05, 3.63) is 15.6 Å². The molecule has 1 N–H and O–H groups in total. The van der Waals surface area contributed by atoms with Crippen LogP contribution in [-0.2, 0) is 28.2 Å². The first kappa shape index (κ1) is 16.6. The SMILES string of the molecule is CCCNCc1sc(C(C)(C)OCC)nc1COC. The minimum absolute atomic E-state index is 0.328. The molecule has 0 aliphatic carbocycles. The highest BCUT2D eigenvalue weighted by Gasteiger charge is 2.26. The fourth-order valence-corrected chi connectivity index (χ4v) is 2.92. The second-order valence-corrected chi connectivity index (χ2v) is 6.03. The van der Waals surface area contributed by atoms with Gasteiger partial charge in [-0.25, -0.2) is 4.98 Å². The van der Waals surface area contributed by atoms with Crippen molar-refractivity contribution >= 4 is 11.3 Å². The molecule has 0 radical (unpaired) electrons. The van der Waals surface area contributed by atoms with Gasteiger partial charge in [-0.1, -0.05) is 6.92 Å². The minimum Gasteiger partial charge on any atom is -0.378 e. The molecule has 1 aromatic rings. The molecule has 1 heterocycles. The molecule has 0 amide bonds. The molecule has 0 aromatic carbocycles. The molecule has 0 aliphatic rings. The zero-order chi connectivity index (χ0) is 14.3. The van der Waals surface area contributed by atoms with E-state index in [-0.39, 0.29) is 5.60 Å². The van der Waals surface area contributed by atoms with Gasteiger partial charge in [0.1, 0.15) is 10.6 Å². The van der Waals surface area contributed by atoms with E-state index in [4.69, 9.17) is 14.5 Å². The summed E-state index contributed by atoms with van der Waals surface area (Å²) in [7, 11) is 1.70. The fraction of sp³-hybridized carbons (Fsp3) is 0.786. The number of hydrogen-bond donors (Lipinski definition) is 1. The number of ether oxygens (including phenoxy) is 2. The van der Waals surface area contributed by atoms with Crippen LogP contribution in [0.25, 0.3) is 0 Å². The average molecular weight is 286 g/mol. The van der Waals surface area contributed by atoms with E-state index in [1.54, 1.807) is 18.4 Å². The fourth-order valence-electron chi connectivity index (χ4n) is 1.83. The number of methoxy groups -OCH3 is 1. The summed E-state index contributed by atoms with van der Waals surface area (Å²) >= 11 is 1.72. The van der Waals surface area contributed by atoms with Crippen LogP contribution in [0.2, 0.25) is 0 Å². The van der Waals surface area contributed by atoms with E-state index in [2.05, 4.69) is 26.1 Å². The Morgan fingerprint density at radius 1 is 1.32 bits per heavy atom. The molecule has 0 bridgehead atoms. The van der Waals surface area contributed by atoms with Crippen molar-refractivity contribution in [3.8, 4) is 0 Å². The Morgan fingerprint density at radius 2 is 2.05 bits per heavy atom. The molecule has 19 heavy (non-hydrogen) atoms. The first-order valence-corrected chi connectivity index (χ1v) is 7.69. The number of hydrogen-bond acceptors (Lipinski definition) is 5. The van der Waals surface area contributed by atoms with Crippen LogP contribution in [0.1, 0.15) is 49.7 Å². The first-order chi connectivity index (χ1) is 9.05. The van der Waals surface area contributed by atoms with Crippen LogP contribution in [-0.4, -0.2) is 25.2 Å². The molecule has 4 nitrogen and oxygen atoms in total. The van der Waals surface area contributed by atoms with Gasteiger partial charge in [0.05, 0.1) is 12.3 Å². The van der Waals surface area contributed by atoms with Crippen molar-refractivity contribution in [2.75, 3.05) is 20.3 Å². The molecular formula is C14H26N2O2S. The van der Waals surface area contributed by atoms with Gasteiger partial charge in [-0.05, 0) is 33.7 Å². The van der Waals surface area contributed by atoms with E-state index >= 15 is 0 Å². The minimum atomic E-state index is -0.328. The molecule has 1 rings (SSSR count). The van der Waals surface area contributed by atoms with Crippen molar-refractivity contribution in [1.29, 1.82) is 0 Å². The van der Waals surface area contributed by atoms with Crippen LogP contribution in [0.15, 0.2) is 0 Å². The topological polar surface area (TPSA) is 43.4 Å². The Labute approximate surface area is 120 Å². The van der Waals surface area contributed by atoms with Crippen LogP contribution in [0.4, 0.5) is 0 Å². The van der Waals surface area contributed by atoms with Gasteiger partial charge in [0, 0.05) is 25.1 Å². The largest absolute Gasteiger partial charge is 0.378 e. The summed E-state index contributed by atoms with van der Waals surface area (Å²) in [6.07, 6.45) is 1.13. The van der Waals surface area contributed by atoms with Gasteiger partial charge in [-0.3, -0.25) is 0 Å². The first-order valence-electron chi connectivity index (χ1n) is 6.87. The van der Waals surface area contributed by atoms with Crippen LogP contribution in [0, 0.1) is 0 Å². The average Bonchev–Trinajstić information content (AvgIpc) is 2.74. The smallest absolute Gasteiger partial charge is 0.125 e. The summed E-state index contributed by atoms with van der Waals surface area (Å²) in [5, 5.41) is 4.44. The lowest BCUT2D eigenvalue weighted by Gasteiger charge is -2.21. The number of rotatable bonds is 9. The highest BCUT2D eigenvalue weighted by molar-refractivity contribution is 7.11. The van der Waals surface area contributed by atoms with Crippen molar-refractivity contribution in [1.82, 2.24) is 10.3 Å². The molecule has 0 atom stereocenters. The summed E-state index contributed by atoms with van der Waals surface area (Å²) in [6.45, 7) is 11.4. The molecule has 0 saturated carbocycles. The second kappa shape index (κ2) is 7.94. The molecule has 0 unspecified atom stereocenters. The molecule has 0 aliphatic heterocycles. The van der Waals surface area contributed by atoms with E-state index in [1.807, 2.05) is 6.92 Å². The zero-order valence-corrected chi connectivity index (χ0v) is 13.5. The Hall–Kier alpha value is -0.490. The highest BCUT2D eigenvalue weighted by atomic mass is 32.1. The van der Waals surface area contributed by atoms with Crippen molar-refractivity contribution in [2.24, 2.45) is 0 Å². The highest BCUT2D eigenvalue weighted by Crippen LogP contribution is 2.31. The Balaban J connectivity index is 2.86. The number of nitrogens with zero attached hydrogens (tertiary/aromatic N) is 1. The number of nitrogens with one attached hydrogen (secondary N) is 1. The normalized spacial score (nSPS) is 12.1. The predicted octanol–water partition coefficient (Wildman–Crippen LogP) is 3.06. The van der Waals surface area contributed by atoms with Gasteiger partial charge in [0.15, 0.2) is 0 Å². The van der Waals surface area contributed by atoms with Gasteiger partial charge in [-0.2, -0.15) is 0 Å². The molecule has 0 saturated heterocycles. The number of thiazole rings is 1. The van der Waals surface area contributed by atoms with Gasteiger partial charge >= 0.3 is 0 Å². The summed E-state index contributed by atoms with van der Waals surface area (Å²) in [5.41, 5.74) is 0.698. The monoisotopic (exact) mass is 286 g/mol. The third kappa shape index (κ3) is 4.84. The molecule has 0 spiro atoms. The van der Waals surface area contributed by atoms with E-state index in [0.717, 1.165) is 30.2 Å². The van der Waals surface area contributed by atoms with Crippen molar-refractivity contribution in [3.63, 3.8) is 0 Å². The maximum atomic E-state index is 5.77. The van der Waals surface area contributed by atoms with Crippen LogP contribution < -0.4 is 5.32 Å². The Kier molecular flexibility index (Phi) is 6.93. The lowest BCUT2D eigenvalue weighted by Crippen LogP contribution is -2.21. The van der Waals surface area contributed by atoms with Crippen molar-refractivity contribution in [2.45, 2.75) is 52.9 Å². The van der Waals surface area contributed by atoms with E-state index in [9.17, 15) is 0 Å². The molecular weight excluding hydrogens is 260 g/mol. The third-order valence-electron chi connectivity index (χ3n) is 2.79. The molecule has 5 heteroatoms. The molecule has 0 fully saturated rings. The number of aromatic nitrogens is 1. The summed E-state index contributed by atoms with van der Waals surface area (Å²) < 4.78 is 11.0. The molecule has 110 valence electrons.